The van der Waals surface area contributed by atoms with Crippen LogP contribution in [-0.2, 0) is 4.74 Å². The van der Waals surface area contributed by atoms with Gasteiger partial charge in [0.1, 0.15) is 0 Å². The molecule has 1 aromatic rings. The van der Waals surface area contributed by atoms with Gasteiger partial charge in [-0.2, -0.15) is 0 Å². The monoisotopic (exact) mass is 278 g/mol. The molecule has 0 spiro atoms. The van der Waals surface area contributed by atoms with Crippen molar-refractivity contribution in [2.24, 2.45) is 0 Å². The number of hydrogen-bond donors (Lipinski definition) is 2. The van der Waals surface area contributed by atoms with Crippen molar-refractivity contribution in [1.29, 1.82) is 0 Å². The second-order valence-electron chi connectivity index (χ2n) is 5.58. The fourth-order valence-electron chi connectivity index (χ4n) is 2.80. The molecule has 0 saturated carbocycles. The third-order valence-electron chi connectivity index (χ3n) is 4.05. The third kappa shape index (κ3) is 4.28. The van der Waals surface area contributed by atoms with E-state index in [1.807, 2.05) is 0 Å². The summed E-state index contributed by atoms with van der Waals surface area (Å²) < 4.78 is 4.94. The normalized spacial score (nSPS) is 22.9. The molecule has 2 rings (SSSR count). The molecule has 1 aliphatic heterocycles. The van der Waals surface area contributed by atoms with Gasteiger partial charge in [-0.25, -0.2) is 0 Å². The summed E-state index contributed by atoms with van der Waals surface area (Å²) in [6, 6.07) is 11.5. The molecule has 1 fully saturated rings. The topological polar surface area (TPSA) is 44.7 Å². The fraction of sp³-hybridized carbons (Fsp3) is 0.625. The zero-order valence-electron chi connectivity index (χ0n) is 12.5. The predicted octanol–water partition coefficient (Wildman–Crippen LogP) is 1.42. The summed E-state index contributed by atoms with van der Waals surface area (Å²) >= 11 is 0. The minimum absolute atomic E-state index is 0.393. The van der Waals surface area contributed by atoms with E-state index >= 15 is 0 Å². The van der Waals surface area contributed by atoms with Gasteiger partial charge in [0.05, 0.1) is 12.7 Å². The maximum absolute atomic E-state index is 9.66. The number of likely N-dealkylation sites (tertiary alicyclic amines) is 1. The molecular weight excluding hydrogens is 252 g/mol. The van der Waals surface area contributed by atoms with E-state index in [1.165, 1.54) is 5.56 Å². The molecular formula is C16H26N2O2. The zero-order chi connectivity index (χ0) is 14.4. The van der Waals surface area contributed by atoms with Crippen molar-refractivity contribution >= 4 is 0 Å². The molecule has 3 atom stereocenters. The first-order valence-corrected chi connectivity index (χ1v) is 7.40. The van der Waals surface area contributed by atoms with E-state index in [4.69, 9.17) is 4.74 Å². The van der Waals surface area contributed by atoms with Crippen LogP contribution in [0.15, 0.2) is 30.3 Å². The lowest BCUT2D eigenvalue weighted by molar-refractivity contribution is 0.0627. The molecule has 1 heterocycles. The van der Waals surface area contributed by atoms with Gasteiger partial charge < -0.3 is 15.2 Å². The number of aliphatic hydroxyl groups is 1. The molecule has 0 bridgehead atoms. The van der Waals surface area contributed by atoms with Crippen molar-refractivity contribution in [2.45, 2.75) is 31.5 Å². The maximum Gasteiger partial charge on any atom is 0.0897 e. The van der Waals surface area contributed by atoms with Gasteiger partial charge in [-0.05, 0) is 18.9 Å². The number of methoxy groups -OCH3 is 1. The smallest absolute Gasteiger partial charge is 0.0897 e. The SMILES string of the molecule is COC[C@H](O)CN[C@@H]1CCN([C@H](C)c2ccccc2)C1. The van der Waals surface area contributed by atoms with Gasteiger partial charge in [-0.3, -0.25) is 4.90 Å². The third-order valence-corrected chi connectivity index (χ3v) is 4.05. The van der Waals surface area contributed by atoms with Crippen molar-refractivity contribution in [3.63, 3.8) is 0 Å². The minimum atomic E-state index is -0.416. The van der Waals surface area contributed by atoms with Gasteiger partial charge in [0, 0.05) is 38.8 Å². The summed E-state index contributed by atoms with van der Waals surface area (Å²) in [5.41, 5.74) is 1.37. The van der Waals surface area contributed by atoms with E-state index in [0.717, 1.165) is 19.5 Å². The summed E-state index contributed by atoms with van der Waals surface area (Å²) in [5.74, 6) is 0. The number of hydrogen-bond acceptors (Lipinski definition) is 4. The lowest BCUT2D eigenvalue weighted by Gasteiger charge is -2.25. The first-order chi connectivity index (χ1) is 9.70. The van der Waals surface area contributed by atoms with E-state index in [1.54, 1.807) is 7.11 Å². The van der Waals surface area contributed by atoms with Crippen molar-refractivity contribution < 1.29 is 9.84 Å². The average Bonchev–Trinajstić information content (AvgIpc) is 2.94. The van der Waals surface area contributed by atoms with Crippen LogP contribution < -0.4 is 5.32 Å². The Hall–Kier alpha value is -0.940. The standard InChI is InChI=1S/C16H26N2O2/c1-13(14-6-4-3-5-7-14)18-9-8-15(11-18)17-10-16(19)12-20-2/h3-7,13,15-17,19H,8-12H2,1-2H3/t13-,15-,16-/m1/s1. The van der Waals surface area contributed by atoms with Crippen LogP contribution in [0.3, 0.4) is 0 Å². The molecule has 0 amide bonds. The largest absolute Gasteiger partial charge is 0.389 e. The van der Waals surface area contributed by atoms with Crippen molar-refractivity contribution in [3.8, 4) is 0 Å². The summed E-state index contributed by atoms with van der Waals surface area (Å²) in [6.07, 6.45) is 0.720. The zero-order valence-corrected chi connectivity index (χ0v) is 12.5. The van der Waals surface area contributed by atoms with Gasteiger partial charge in [-0.15, -0.1) is 0 Å². The van der Waals surface area contributed by atoms with Crippen molar-refractivity contribution in [3.05, 3.63) is 35.9 Å². The van der Waals surface area contributed by atoms with Gasteiger partial charge in [0.15, 0.2) is 0 Å². The Morgan fingerprint density at radius 3 is 2.85 bits per heavy atom. The Morgan fingerprint density at radius 2 is 2.15 bits per heavy atom. The van der Waals surface area contributed by atoms with E-state index < -0.39 is 6.10 Å². The van der Waals surface area contributed by atoms with Crippen LogP contribution in [0.5, 0.6) is 0 Å². The van der Waals surface area contributed by atoms with Crippen LogP contribution in [0.2, 0.25) is 0 Å². The molecule has 20 heavy (non-hydrogen) atoms. The minimum Gasteiger partial charge on any atom is -0.389 e. The van der Waals surface area contributed by atoms with E-state index in [9.17, 15) is 5.11 Å². The quantitative estimate of drug-likeness (QED) is 0.792. The molecule has 0 unspecified atom stereocenters. The Morgan fingerprint density at radius 1 is 1.40 bits per heavy atom. The Kier molecular flexibility index (Phi) is 5.98. The van der Waals surface area contributed by atoms with Crippen molar-refractivity contribution in [2.75, 3.05) is 33.4 Å². The maximum atomic E-state index is 9.66. The van der Waals surface area contributed by atoms with Crippen LogP contribution in [-0.4, -0.2) is 55.5 Å². The highest BCUT2D eigenvalue weighted by atomic mass is 16.5. The van der Waals surface area contributed by atoms with Gasteiger partial charge in [0.2, 0.25) is 0 Å². The van der Waals surface area contributed by atoms with Crippen LogP contribution in [0.25, 0.3) is 0 Å². The van der Waals surface area contributed by atoms with Gasteiger partial charge in [0.25, 0.3) is 0 Å². The van der Waals surface area contributed by atoms with E-state index in [-0.39, 0.29) is 0 Å². The molecule has 112 valence electrons. The lowest BCUT2D eigenvalue weighted by Crippen LogP contribution is -2.39. The summed E-state index contributed by atoms with van der Waals surface area (Å²) in [5, 5.41) is 13.1. The first-order valence-electron chi connectivity index (χ1n) is 7.40. The highest BCUT2D eigenvalue weighted by Gasteiger charge is 2.26. The molecule has 4 heteroatoms. The molecule has 0 radical (unpaired) electrons. The number of rotatable bonds is 7. The van der Waals surface area contributed by atoms with Crippen LogP contribution in [0.4, 0.5) is 0 Å². The van der Waals surface area contributed by atoms with Crippen LogP contribution >= 0.6 is 0 Å². The number of aliphatic hydroxyl groups excluding tert-OH is 1. The Bertz CT molecular complexity index is 385. The lowest BCUT2D eigenvalue weighted by atomic mass is 10.1. The Balaban J connectivity index is 1.77. The van der Waals surface area contributed by atoms with Crippen molar-refractivity contribution in [1.82, 2.24) is 10.2 Å². The number of benzene rings is 1. The van der Waals surface area contributed by atoms with Crippen LogP contribution in [0.1, 0.15) is 24.9 Å². The predicted molar refractivity (Wildman–Crippen MR) is 80.7 cm³/mol. The van der Waals surface area contributed by atoms with Gasteiger partial charge in [-0.1, -0.05) is 30.3 Å². The van der Waals surface area contributed by atoms with Gasteiger partial charge >= 0.3 is 0 Å². The summed E-state index contributed by atoms with van der Waals surface area (Å²) in [6.45, 7) is 5.40. The first kappa shape index (κ1) is 15.4. The fourth-order valence-corrected chi connectivity index (χ4v) is 2.80. The highest BCUT2D eigenvalue weighted by Crippen LogP contribution is 2.24. The molecule has 1 aromatic carbocycles. The number of nitrogens with zero attached hydrogens (tertiary/aromatic N) is 1. The molecule has 2 N–H and O–H groups in total. The Labute approximate surface area is 121 Å². The van der Waals surface area contributed by atoms with E-state index in [2.05, 4.69) is 47.5 Å². The molecule has 4 nitrogen and oxygen atoms in total. The van der Waals surface area contributed by atoms with E-state index in [0.29, 0.717) is 25.2 Å². The molecule has 1 saturated heterocycles. The summed E-state index contributed by atoms with van der Waals surface area (Å²) in [4.78, 5) is 2.50. The highest BCUT2D eigenvalue weighted by molar-refractivity contribution is 5.18. The molecule has 0 aliphatic carbocycles. The second kappa shape index (κ2) is 7.74. The number of nitrogens with one attached hydrogen (secondary N) is 1. The molecule has 1 aliphatic rings. The number of ether oxygens (including phenoxy) is 1. The average molecular weight is 278 g/mol. The van der Waals surface area contributed by atoms with Crippen LogP contribution in [0, 0.1) is 0 Å². The summed E-state index contributed by atoms with van der Waals surface area (Å²) in [7, 11) is 1.61. The second-order valence-corrected chi connectivity index (χ2v) is 5.58. The molecule has 0 aromatic heterocycles.